The quantitative estimate of drug-likeness (QED) is 0.673. The molecule has 0 aliphatic carbocycles. The normalized spacial score (nSPS) is 10.3. The molecule has 2 aromatic rings. The fraction of sp³-hybridized carbons (Fsp3) is 0.412. The van der Waals surface area contributed by atoms with Crippen molar-refractivity contribution in [2.75, 3.05) is 26.5 Å². The molecule has 0 aliphatic heterocycles. The number of carbonyl (C=O) groups is 1. The third-order valence-electron chi connectivity index (χ3n) is 3.69. The SMILES string of the molecule is CCn1c(SCC(=O)N(C)CCC#N)nnc1-c1ccc(OC)cc1. The van der Waals surface area contributed by atoms with E-state index in [4.69, 9.17) is 10.00 Å². The number of rotatable bonds is 8. The van der Waals surface area contributed by atoms with E-state index in [1.807, 2.05) is 41.8 Å². The van der Waals surface area contributed by atoms with Crippen molar-refractivity contribution in [1.29, 1.82) is 5.26 Å². The number of aromatic nitrogens is 3. The predicted molar refractivity (Wildman–Crippen MR) is 96.3 cm³/mol. The zero-order valence-corrected chi connectivity index (χ0v) is 15.4. The van der Waals surface area contributed by atoms with E-state index in [1.165, 1.54) is 11.8 Å². The van der Waals surface area contributed by atoms with Crippen LogP contribution < -0.4 is 4.74 Å². The fourth-order valence-electron chi connectivity index (χ4n) is 2.21. The van der Waals surface area contributed by atoms with Gasteiger partial charge < -0.3 is 14.2 Å². The summed E-state index contributed by atoms with van der Waals surface area (Å²) in [5.74, 6) is 1.78. The van der Waals surface area contributed by atoms with Gasteiger partial charge in [-0.2, -0.15) is 5.26 Å². The molecule has 1 heterocycles. The van der Waals surface area contributed by atoms with Crippen molar-refractivity contribution >= 4 is 17.7 Å². The molecular formula is C17H21N5O2S. The minimum Gasteiger partial charge on any atom is -0.497 e. The van der Waals surface area contributed by atoms with Crippen LogP contribution in [0.1, 0.15) is 13.3 Å². The Kier molecular flexibility index (Phi) is 6.83. The van der Waals surface area contributed by atoms with Crippen molar-refractivity contribution in [2.45, 2.75) is 25.0 Å². The lowest BCUT2D eigenvalue weighted by Gasteiger charge is -2.15. The number of amides is 1. The van der Waals surface area contributed by atoms with Gasteiger partial charge in [-0.1, -0.05) is 11.8 Å². The molecule has 0 saturated heterocycles. The lowest BCUT2D eigenvalue weighted by atomic mass is 10.2. The summed E-state index contributed by atoms with van der Waals surface area (Å²) in [5, 5.41) is 17.8. The van der Waals surface area contributed by atoms with E-state index < -0.39 is 0 Å². The van der Waals surface area contributed by atoms with E-state index in [0.29, 0.717) is 24.7 Å². The zero-order valence-electron chi connectivity index (χ0n) is 14.6. The molecule has 2 rings (SSSR count). The van der Waals surface area contributed by atoms with E-state index in [-0.39, 0.29) is 11.7 Å². The monoisotopic (exact) mass is 359 g/mol. The van der Waals surface area contributed by atoms with Crippen LogP contribution in [0.4, 0.5) is 0 Å². The summed E-state index contributed by atoms with van der Waals surface area (Å²) in [5.41, 5.74) is 0.944. The molecule has 132 valence electrons. The second-order valence-corrected chi connectivity index (χ2v) is 6.23. The zero-order chi connectivity index (χ0) is 18.2. The van der Waals surface area contributed by atoms with Gasteiger partial charge in [-0.25, -0.2) is 0 Å². The average Bonchev–Trinajstić information content (AvgIpc) is 3.06. The number of methoxy groups -OCH3 is 1. The minimum atomic E-state index is -0.0306. The highest BCUT2D eigenvalue weighted by atomic mass is 32.2. The molecule has 0 radical (unpaired) electrons. The third kappa shape index (κ3) is 4.73. The van der Waals surface area contributed by atoms with Gasteiger partial charge in [-0.15, -0.1) is 10.2 Å². The van der Waals surface area contributed by atoms with Crippen molar-refractivity contribution < 1.29 is 9.53 Å². The predicted octanol–water partition coefficient (Wildman–Crippen LogP) is 2.44. The highest BCUT2D eigenvalue weighted by Gasteiger charge is 2.16. The lowest BCUT2D eigenvalue weighted by Crippen LogP contribution is -2.29. The first-order valence-corrected chi connectivity index (χ1v) is 8.90. The van der Waals surface area contributed by atoms with Gasteiger partial charge in [0.25, 0.3) is 0 Å². The van der Waals surface area contributed by atoms with E-state index in [0.717, 1.165) is 17.1 Å². The minimum absolute atomic E-state index is 0.0306. The van der Waals surface area contributed by atoms with Gasteiger partial charge in [0.15, 0.2) is 11.0 Å². The Morgan fingerprint density at radius 3 is 2.68 bits per heavy atom. The summed E-state index contributed by atoms with van der Waals surface area (Å²) in [6, 6.07) is 9.67. The van der Waals surface area contributed by atoms with Crippen LogP contribution in [0.5, 0.6) is 5.75 Å². The molecule has 0 fully saturated rings. The molecule has 7 nitrogen and oxygen atoms in total. The highest BCUT2D eigenvalue weighted by Crippen LogP contribution is 2.25. The Balaban J connectivity index is 2.08. The second-order valence-electron chi connectivity index (χ2n) is 5.29. The number of nitriles is 1. The number of hydrogen-bond acceptors (Lipinski definition) is 6. The third-order valence-corrected chi connectivity index (χ3v) is 4.64. The number of carbonyl (C=O) groups excluding carboxylic acids is 1. The standard InChI is InChI=1S/C17H21N5O2S/c1-4-22-16(13-6-8-14(24-3)9-7-13)19-20-17(22)25-12-15(23)21(2)11-5-10-18/h6-9H,4-5,11-12H2,1-3H3. The summed E-state index contributed by atoms with van der Waals surface area (Å²) in [4.78, 5) is 13.7. The molecule has 1 aromatic heterocycles. The van der Waals surface area contributed by atoms with E-state index in [9.17, 15) is 4.79 Å². The van der Waals surface area contributed by atoms with Crippen LogP contribution in [0.2, 0.25) is 0 Å². The fourth-order valence-corrected chi connectivity index (χ4v) is 3.16. The van der Waals surface area contributed by atoms with Crippen LogP contribution in [0.3, 0.4) is 0 Å². The molecule has 1 aromatic carbocycles. The molecule has 25 heavy (non-hydrogen) atoms. The molecule has 0 atom stereocenters. The first-order valence-electron chi connectivity index (χ1n) is 7.92. The maximum Gasteiger partial charge on any atom is 0.232 e. The van der Waals surface area contributed by atoms with Gasteiger partial charge in [-0.3, -0.25) is 4.79 Å². The highest BCUT2D eigenvalue weighted by molar-refractivity contribution is 7.99. The van der Waals surface area contributed by atoms with Gasteiger partial charge in [-0.05, 0) is 31.2 Å². The maximum atomic E-state index is 12.1. The van der Waals surface area contributed by atoms with Crippen molar-refractivity contribution in [3.05, 3.63) is 24.3 Å². The van der Waals surface area contributed by atoms with E-state index >= 15 is 0 Å². The van der Waals surface area contributed by atoms with E-state index in [2.05, 4.69) is 10.2 Å². The number of nitrogens with zero attached hydrogens (tertiary/aromatic N) is 5. The van der Waals surface area contributed by atoms with Gasteiger partial charge in [0, 0.05) is 25.7 Å². The van der Waals surface area contributed by atoms with Crippen molar-refractivity contribution in [3.8, 4) is 23.2 Å². The van der Waals surface area contributed by atoms with Gasteiger partial charge in [0.1, 0.15) is 5.75 Å². The van der Waals surface area contributed by atoms with Gasteiger partial charge >= 0.3 is 0 Å². The Morgan fingerprint density at radius 1 is 1.36 bits per heavy atom. The molecule has 0 saturated carbocycles. The van der Waals surface area contributed by atoms with Crippen molar-refractivity contribution in [3.63, 3.8) is 0 Å². The number of benzene rings is 1. The van der Waals surface area contributed by atoms with Crippen molar-refractivity contribution in [1.82, 2.24) is 19.7 Å². The number of hydrogen-bond donors (Lipinski definition) is 0. The summed E-state index contributed by atoms with van der Waals surface area (Å²) in [6.07, 6.45) is 0.333. The van der Waals surface area contributed by atoms with Gasteiger partial charge in [0.05, 0.1) is 25.4 Å². The summed E-state index contributed by atoms with van der Waals surface area (Å²) < 4.78 is 7.15. The van der Waals surface area contributed by atoms with Crippen LogP contribution in [-0.2, 0) is 11.3 Å². The topological polar surface area (TPSA) is 84.0 Å². The second kappa shape index (κ2) is 9.08. The molecule has 0 N–H and O–H groups in total. The largest absolute Gasteiger partial charge is 0.497 e. The van der Waals surface area contributed by atoms with Crippen molar-refractivity contribution in [2.24, 2.45) is 0 Å². The van der Waals surface area contributed by atoms with Gasteiger partial charge in [0.2, 0.25) is 5.91 Å². The smallest absolute Gasteiger partial charge is 0.232 e. The summed E-state index contributed by atoms with van der Waals surface area (Å²) >= 11 is 1.36. The molecular weight excluding hydrogens is 338 g/mol. The molecule has 8 heteroatoms. The Labute approximate surface area is 151 Å². The Bertz CT molecular complexity index is 751. The van der Waals surface area contributed by atoms with Crippen LogP contribution in [0.25, 0.3) is 11.4 Å². The number of thioether (sulfide) groups is 1. The first-order chi connectivity index (χ1) is 12.1. The molecule has 1 amide bonds. The number of ether oxygens (including phenoxy) is 1. The molecule has 0 unspecified atom stereocenters. The van der Waals surface area contributed by atoms with Crippen LogP contribution >= 0.6 is 11.8 Å². The average molecular weight is 359 g/mol. The summed E-state index contributed by atoms with van der Waals surface area (Å²) in [6.45, 7) is 3.16. The van der Waals surface area contributed by atoms with Crippen LogP contribution in [0, 0.1) is 11.3 Å². The van der Waals surface area contributed by atoms with Crippen LogP contribution in [0.15, 0.2) is 29.4 Å². The Hall–Kier alpha value is -2.53. The lowest BCUT2D eigenvalue weighted by molar-refractivity contribution is -0.127. The van der Waals surface area contributed by atoms with E-state index in [1.54, 1.807) is 19.1 Å². The molecule has 0 bridgehead atoms. The maximum absolute atomic E-state index is 12.1. The first kappa shape index (κ1) is 18.8. The molecule has 0 aliphatic rings. The van der Waals surface area contributed by atoms with Crippen LogP contribution in [-0.4, -0.2) is 52.0 Å². The molecule has 0 spiro atoms. The summed E-state index contributed by atoms with van der Waals surface area (Å²) in [7, 11) is 3.33. The Morgan fingerprint density at radius 2 is 2.08 bits per heavy atom.